The number of nitro groups is 1. The highest BCUT2D eigenvalue weighted by molar-refractivity contribution is 5.71. The van der Waals surface area contributed by atoms with Gasteiger partial charge in [-0.25, -0.2) is 9.37 Å². The summed E-state index contributed by atoms with van der Waals surface area (Å²) in [4.78, 5) is 23.7. The third kappa shape index (κ3) is 5.03. The second-order valence-corrected chi connectivity index (χ2v) is 6.90. The molecule has 0 saturated heterocycles. The summed E-state index contributed by atoms with van der Waals surface area (Å²) >= 11 is 0. The minimum Gasteiger partial charge on any atom is -0.394 e. The van der Waals surface area contributed by atoms with Crippen molar-refractivity contribution >= 4 is 23.1 Å². The van der Waals surface area contributed by atoms with Gasteiger partial charge >= 0.3 is 0 Å². The van der Waals surface area contributed by atoms with Gasteiger partial charge in [-0.1, -0.05) is 19.9 Å². The van der Waals surface area contributed by atoms with Crippen LogP contribution in [0.25, 0.3) is 11.4 Å². The van der Waals surface area contributed by atoms with Crippen LogP contribution >= 0.6 is 0 Å². The Morgan fingerprint density at radius 2 is 1.97 bits per heavy atom. The number of aromatic nitrogens is 3. The first-order chi connectivity index (χ1) is 14.4. The zero-order valence-corrected chi connectivity index (χ0v) is 16.4. The van der Waals surface area contributed by atoms with Crippen LogP contribution in [0.1, 0.15) is 13.8 Å². The molecule has 0 radical (unpaired) electrons. The molecule has 10 heteroatoms. The summed E-state index contributed by atoms with van der Waals surface area (Å²) in [6, 6.07) is 9.86. The predicted octanol–water partition coefficient (Wildman–Crippen LogP) is 3.76. The number of hydrogen-bond acceptors (Lipinski definition) is 8. The fraction of sp³-hybridized carbons (Fsp3) is 0.250. The SMILES string of the molecule is CC(C)[C@@H](CO)Nc1nc(Nc2ccc(F)cc2[N+](=O)[O-])cc(-c2ccccn2)n1. The van der Waals surface area contributed by atoms with E-state index in [0.29, 0.717) is 11.4 Å². The van der Waals surface area contributed by atoms with Gasteiger partial charge in [0.25, 0.3) is 5.69 Å². The number of aliphatic hydroxyl groups excluding tert-OH is 1. The van der Waals surface area contributed by atoms with E-state index in [1.807, 2.05) is 13.8 Å². The Balaban J connectivity index is 2.03. The molecule has 0 aliphatic carbocycles. The predicted molar refractivity (Wildman–Crippen MR) is 111 cm³/mol. The van der Waals surface area contributed by atoms with Crippen LogP contribution in [0.3, 0.4) is 0 Å². The third-order valence-electron chi connectivity index (χ3n) is 4.39. The molecule has 9 nitrogen and oxygen atoms in total. The number of hydrogen-bond donors (Lipinski definition) is 3. The lowest BCUT2D eigenvalue weighted by Gasteiger charge is -2.20. The Labute approximate surface area is 172 Å². The Hall–Kier alpha value is -3.66. The largest absolute Gasteiger partial charge is 0.394 e. The van der Waals surface area contributed by atoms with Crippen LogP contribution in [0.5, 0.6) is 0 Å². The van der Waals surface area contributed by atoms with Gasteiger partial charge in [-0.05, 0) is 30.2 Å². The first-order valence-corrected chi connectivity index (χ1v) is 9.26. The summed E-state index contributed by atoms with van der Waals surface area (Å²) in [6.45, 7) is 3.76. The van der Waals surface area contributed by atoms with Crippen LogP contribution in [-0.4, -0.2) is 37.6 Å². The van der Waals surface area contributed by atoms with E-state index in [9.17, 15) is 19.6 Å². The smallest absolute Gasteiger partial charge is 0.295 e. The molecule has 3 rings (SSSR count). The van der Waals surface area contributed by atoms with Gasteiger partial charge in [0.2, 0.25) is 5.95 Å². The minimum absolute atomic E-state index is 0.0839. The third-order valence-corrected chi connectivity index (χ3v) is 4.39. The summed E-state index contributed by atoms with van der Waals surface area (Å²) in [5.74, 6) is -0.137. The number of halogens is 1. The van der Waals surface area contributed by atoms with Crippen molar-refractivity contribution in [3.63, 3.8) is 0 Å². The molecule has 0 spiro atoms. The number of nitrogens with one attached hydrogen (secondary N) is 2. The molecule has 30 heavy (non-hydrogen) atoms. The molecule has 0 aliphatic heterocycles. The van der Waals surface area contributed by atoms with Gasteiger partial charge in [0, 0.05) is 12.3 Å². The van der Waals surface area contributed by atoms with Crippen LogP contribution in [0.2, 0.25) is 0 Å². The van der Waals surface area contributed by atoms with Crippen LogP contribution < -0.4 is 10.6 Å². The molecule has 1 atom stereocenters. The topological polar surface area (TPSA) is 126 Å². The van der Waals surface area contributed by atoms with Gasteiger partial charge in [-0.15, -0.1) is 0 Å². The highest BCUT2D eigenvalue weighted by atomic mass is 19.1. The summed E-state index contributed by atoms with van der Waals surface area (Å²) in [5.41, 5.74) is 0.712. The summed E-state index contributed by atoms with van der Waals surface area (Å²) in [5, 5.41) is 26.8. The van der Waals surface area contributed by atoms with E-state index in [0.717, 1.165) is 12.1 Å². The van der Waals surface area contributed by atoms with Gasteiger partial charge in [-0.3, -0.25) is 15.1 Å². The number of aliphatic hydroxyl groups is 1. The normalized spacial score (nSPS) is 11.9. The molecule has 0 fully saturated rings. The average molecular weight is 412 g/mol. The number of rotatable bonds is 8. The van der Waals surface area contributed by atoms with Gasteiger partial charge < -0.3 is 15.7 Å². The van der Waals surface area contributed by atoms with Crippen molar-refractivity contribution in [2.24, 2.45) is 5.92 Å². The summed E-state index contributed by atoms with van der Waals surface area (Å²) < 4.78 is 13.5. The number of anilines is 3. The van der Waals surface area contributed by atoms with Crippen LogP contribution in [0.15, 0.2) is 48.7 Å². The van der Waals surface area contributed by atoms with Crippen molar-refractivity contribution in [1.82, 2.24) is 15.0 Å². The Morgan fingerprint density at radius 1 is 1.17 bits per heavy atom. The number of benzene rings is 1. The van der Waals surface area contributed by atoms with E-state index >= 15 is 0 Å². The molecule has 0 bridgehead atoms. The highest BCUT2D eigenvalue weighted by Gasteiger charge is 2.18. The molecule has 2 heterocycles. The first kappa shape index (κ1) is 21.1. The molecule has 2 aromatic heterocycles. The maximum Gasteiger partial charge on any atom is 0.295 e. The van der Waals surface area contributed by atoms with Crippen molar-refractivity contribution < 1.29 is 14.4 Å². The molecular formula is C20H21FN6O3. The van der Waals surface area contributed by atoms with Gasteiger partial charge in [0.05, 0.1) is 35.0 Å². The van der Waals surface area contributed by atoms with Crippen molar-refractivity contribution in [1.29, 1.82) is 0 Å². The fourth-order valence-electron chi connectivity index (χ4n) is 2.71. The van der Waals surface area contributed by atoms with Crippen LogP contribution in [-0.2, 0) is 0 Å². The zero-order chi connectivity index (χ0) is 21.7. The van der Waals surface area contributed by atoms with Crippen molar-refractivity contribution in [2.45, 2.75) is 19.9 Å². The molecule has 0 saturated carbocycles. The van der Waals surface area contributed by atoms with Gasteiger partial charge in [-0.2, -0.15) is 4.98 Å². The molecule has 3 aromatic rings. The second kappa shape index (κ2) is 9.23. The molecule has 156 valence electrons. The molecule has 0 amide bonds. The lowest BCUT2D eigenvalue weighted by Crippen LogP contribution is -2.30. The van der Waals surface area contributed by atoms with Crippen molar-refractivity contribution in [3.05, 3.63) is 64.6 Å². The van der Waals surface area contributed by atoms with E-state index in [2.05, 4.69) is 25.6 Å². The van der Waals surface area contributed by atoms with E-state index < -0.39 is 16.4 Å². The maximum absolute atomic E-state index is 13.5. The zero-order valence-electron chi connectivity index (χ0n) is 16.4. The minimum atomic E-state index is -0.714. The van der Waals surface area contributed by atoms with Crippen molar-refractivity contribution in [3.8, 4) is 11.4 Å². The number of nitrogens with zero attached hydrogens (tertiary/aromatic N) is 4. The van der Waals surface area contributed by atoms with Crippen LogP contribution in [0, 0.1) is 21.8 Å². The quantitative estimate of drug-likeness (QED) is 0.377. The Bertz CT molecular complexity index is 1030. The average Bonchev–Trinajstić information content (AvgIpc) is 2.73. The van der Waals surface area contributed by atoms with Crippen molar-refractivity contribution in [2.75, 3.05) is 17.2 Å². The lowest BCUT2D eigenvalue weighted by molar-refractivity contribution is -0.384. The Kier molecular flexibility index (Phi) is 6.48. The fourth-order valence-corrected chi connectivity index (χ4v) is 2.71. The summed E-state index contributed by atoms with van der Waals surface area (Å²) in [7, 11) is 0. The Morgan fingerprint density at radius 3 is 2.60 bits per heavy atom. The van der Waals surface area contributed by atoms with E-state index in [1.54, 1.807) is 30.5 Å². The standard InChI is InChI=1S/C20H21FN6O3/c1-12(2)17(11-28)25-20-24-16(14-5-3-4-8-22-14)10-19(26-20)23-15-7-6-13(21)9-18(15)27(29)30/h3-10,12,17,28H,11H2,1-2H3,(H2,23,24,25,26)/t17-/m1/s1. The highest BCUT2D eigenvalue weighted by Crippen LogP contribution is 2.29. The van der Waals surface area contributed by atoms with E-state index in [-0.39, 0.29) is 36.0 Å². The monoisotopic (exact) mass is 412 g/mol. The lowest BCUT2D eigenvalue weighted by atomic mass is 10.1. The number of nitro benzene ring substituents is 1. The molecular weight excluding hydrogens is 391 g/mol. The van der Waals surface area contributed by atoms with E-state index in [4.69, 9.17) is 0 Å². The van der Waals surface area contributed by atoms with Crippen LogP contribution in [0.4, 0.5) is 27.5 Å². The van der Waals surface area contributed by atoms with Gasteiger partial charge in [0.1, 0.15) is 17.3 Å². The molecule has 0 aliphatic rings. The summed E-state index contributed by atoms with van der Waals surface area (Å²) in [6.07, 6.45) is 1.62. The first-order valence-electron chi connectivity index (χ1n) is 9.26. The molecule has 3 N–H and O–H groups in total. The molecule has 0 unspecified atom stereocenters. The number of pyridine rings is 1. The van der Waals surface area contributed by atoms with Gasteiger partial charge in [0.15, 0.2) is 0 Å². The van der Waals surface area contributed by atoms with E-state index in [1.165, 1.54) is 6.07 Å². The second-order valence-electron chi connectivity index (χ2n) is 6.90. The maximum atomic E-state index is 13.5. The molecule has 1 aromatic carbocycles.